The maximum atomic E-state index is 13.7. The van der Waals surface area contributed by atoms with Crippen LogP contribution >= 0.6 is 22.7 Å². The van der Waals surface area contributed by atoms with Crippen LogP contribution in [-0.2, 0) is 9.53 Å². The first-order chi connectivity index (χ1) is 16.8. The molecule has 0 amide bonds. The summed E-state index contributed by atoms with van der Waals surface area (Å²) in [4.78, 5) is 32.7. The van der Waals surface area contributed by atoms with Gasteiger partial charge in [0.25, 0.3) is 5.56 Å². The average Bonchev–Trinajstić information content (AvgIpc) is 3.45. The summed E-state index contributed by atoms with van der Waals surface area (Å²) in [5.74, 6) is 0.961. The van der Waals surface area contributed by atoms with Crippen LogP contribution in [0.25, 0.3) is 6.08 Å². The molecule has 0 N–H and O–H groups in total. The van der Waals surface area contributed by atoms with Crippen LogP contribution in [0.4, 0.5) is 0 Å². The lowest BCUT2D eigenvalue weighted by Gasteiger charge is -2.24. The van der Waals surface area contributed by atoms with Crippen LogP contribution in [0.5, 0.6) is 17.2 Å². The maximum absolute atomic E-state index is 13.7. The number of ether oxygens (including phenoxy) is 4. The third kappa shape index (κ3) is 4.63. The molecule has 1 aliphatic heterocycles. The molecule has 3 heterocycles. The van der Waals surface area contributed by atoms with Gasteiger partial charge < -0.3 is 18.9 Å². The highest BCUT2D eigenvalue weighted by Gasteiger charge is 2.34. The molecular weight excluding hydrogens is 488 g/mol. The molecule has 35 heavy (non-hydrogen) atoms. The summed E-state index contributed by atoms with van der Waals surface area (Å²) in [6.07, 6.45) is 1.46. The lowest BCUT2D eigenvalue weighted by atomic mass is 10.0. The van der Waals surface area contributed by atoms with Crippen LogP contribution in [0.1, 0.15) is 37.3 Å². The highest BCUT2D eigenvalue weighted by molar-refractivity contribution is 7.10. The Balaban J connectivity index is 1.91. The number of aromatic nitrogens is 1. The van der Waals surface area contributed by atoms with Crippen molar-refractivity contribution >= 4 is 34.7 Å². The molecule has 1 aliphatic rings. The van der Waals surface area contributed by atoms with Crippen molar-refractivity contribution in [3.8, 4) is 17.2 Å². The van der Waals surface area contributed by atoms with E-state index in [4.69, 9.17) is 18.9 Å². The monoisotopic (exact) mass is 514 g/mol. The predicted octanol–water partition coefficient (Wildman–Crippen LogP) is 3.27. The van der Waals surface area contributed by atoms with Crippen LogP contribution in [0.2, 0.25) is 0 Å². The van der Waals surface area contributed by atoms with Gasteiger partial charge in [-0.05, 0) is 56.0 Å². The molecule has 0 radical (unpaired) electrons. The number of carbonyl (C=O) groups excluding carboxylic acids is 1. The third-order valence-corrected chi connectivity index (χ3v) is 7.29. The standard InChI is InChI=1S/C25H26N2O6S2/c1-13(2)33-24(29)20-14(3)26-25-27(21(20)18-8-7-9-34-18)23(28)19(35-25)12-15-10-16(30-4)22(32-6)17(11-15)31-5/h7-13,21H,1-6H3/b19-12-/t21-/m1/s1. The fourth-order valence-electron chi connectivity index (χ4n) is 3.91. The second-order valence-corrected chi connectivity index (χ2v) is 10.00. The molecule has 0 unspecified atom stereocenters. The van der Waals surface area contributed by atoms with Crippen LogP contribution in [0.15, 0.2) is 50.7 Å². The Labute approximate surface area is 210 Å². The summed E-state index contributed by atoms with van der Waals surface area (Å²) in [5, 5.41) is 1.92. The number of thiazole rings is 1. The van der Waals surface area contributed by atoms with Crippen molar-refractivity contribution < 1.29 is 23.7 Å². The zero-order chi connectivity index (χ0) is 25.3. The van der Waals surface area contributed by atoms with E-state index in [9.17, 15) is 9.59 Å². The number of carbonyl (C=O) groups is 1. The van der Waals surface area contributed by atoms with Crippen molar-refractivity contribution in [3.63, 3.8) is 0 Å². The van der Waals surface area contributed by atoms with Crippen molar-refractivity contribution in [1.29, 1.82) is 0 Å². The molecule has 10 heteroatoms. The third-order valence-electron chi connectivity index (χ3n) is 5.38. The Kier molecular flexibility index (Phi) is 7.13. The normalized spacial score (nSPS) is 15.6. The van der Waals surface area contributed by atoms with Gasteiger partial charge in [0, 0.05) is 4.88 Å². The Morgan fingerprint density at radius 1 is 1.14 bits per heavy atom. The van der Waals surface area contributed by atoms with Gasteiger partial charge in [0.15, 0.2) is 16.3 Å². The molecule has 3 aromatic rings. The van der Waals surface area contributed by atoms with Crippen molar-refractivity contribution in [3.05, 3.63) is 71.0 Å². The lowest BCUT2D eigenvalue weighted by molar-refractivity contribution is -0.143. The molecule has 0 saturated carbocycles. The van der Waals surface area contributed by atoms with E-state index < -0.39 is 12.0 Å². The number of esters is 1. The van der Waals surface area contributed by atoms with Gasteiger partial charge in [-0.2, -0.15) is 0 Å². The molecule has 0 bridgehead atoms. The summed E-state index contributed by atoms with van der Waals surface area (Å²) < 4.78 is 23.8. The molecule has 0 saturated heterocycles. The van der Waals surface area contributed by atoms with E-state index in [0.29, 0.717) is 43.4 Å². The summed E-state index contributed by atoms with van der Waals surface area (Å²) in [7, 11) is 4.61. The lowest BCUT2D eigenvalue weighted by Crippen LogP contribution is -2.39. The van der Waals surface area contributed by atoms with Gasteiger partial charge in [-0.25, -0.2) is 9.79 Å². The number of nitrogens with zero attached hydrogens (tertiary/aromatic N) is 2. The number of methoxy groups -OCH3 is 3. The van der Waals surface area contributed by atoms with E-state index in [0.717, 1.165) is 4.88 Å². The Morgan fingerprint density at radius 2 is 1.83 bits per heavy atom. The van der Waals surface area contributed by atoms with Crippen molar-refractivity contribution in [1.82, 2.24) is 4.57 Å². The van der Waals surface area contributed by atoms with E-state index in [1.807, 2.05) is 17.5 Å². The number of hydrogen-bond acceptors (Lipinski definition) is 9. The van der Waals surface area contributed by atoms with Crippen molar-refractivity contribution in [2.75, 3.05) is 21.3 Å². The van der Waals surface area contributed by atoms with E-state index in [2.05, 4.69) is 4.99 Å². The zero-order valence-electron chi connectivity index (χ0n) is 20.3. The van der Waals surface area contributed by atoms with E-state index >= 15 is 0 Å². The number of thiophene rings is 1. The first-order valence-corrected chi connectivity index (χ1v) is 12.6. The van der Waals surface area contributed by atoms with Crippen LogP contribution in [0.3, 0.4) is 0 Å². The fraction of sp³-hybridized carbons (Fsp3) is 0.320. The Morgan fingerprint density at radius 3 is 2.37 bits per heavy atom. The highest BCUT2D eigenvalue weighted by Crippen LogP contribution is 2.38. The maximum Gasteiger partial charge on any atom is 0.338 e. The predicted molar refractivity (Wildman–Crippen MR) is 135 cm³/mol. The van der Waals surface area contributed by atoms with Crippen molar-refractivity contribution in [2.45, 2.75) is 32.9 Å². The molecule has 184 valence electrons. The van der Waals surface area contributed by atoms with Crippen molar-refractivity contribution in [2.24, 2.45) is 4.99 Å². The first kappa shape index (κ1) is 24.7. The number of benzene rings is 1. The summed E-state index contributed by atoms with van der Waals surface area (Å²) >= 11 is 2.73. The van der Waals surface area contributed by atoms with E-state index in [1.165, 1.54) is 44.0 Å². The van der Waals surface area contributed by atoms with Gasteiger partial charge >= 0.3 is 5.97 Å². The molecule has 8 nitrogen and oxygen atoms in total. The molecule has 0 spiro atoms. The quantitative estimate of drug-likeness (QED) is 0.450. The van der Waals surface area contributed by atoms with Gasteiger partial charge in [-0.3, -0.25) is 9.36 Å². The van der Waals surface area contributed by atoms with E-state index in [1.54, 1.807) is 43.5 Å². The molecular formula is C25H26N2O6S2. The van der Waals surface area contributed by atoms with E-state index in [-0.39, 0.29) is 11.7 Å². The van der Waals surface area contributed by atoms with Gasteiger partial charge in [0.05, 0.1) is 43.2 Å². The molecule has 0 fully saturated rings. The number of hydrogen-bond donors (Lipinski definition) is 0. The minimum Gasteiger partial charge on any atom is -0.493 e. The molecule has 0 aliphatic carbocycles. The average molecular weight is 515 g/mol. The summed E-state index contributed by atoms with van der Waals surface area (Å²) in [6, 6.07) is 6.74. The summed E-state index contributed by atoms with van der Waals surface area (Å²) in [5.41, 5.74) is 1.36. The SMILES string of the molecule is COc1cc(/C=c2\sc3n(c2=O)[C@H](c2cccs2)C(C(=O)OC(C)C)=C(C)N=3)cc(OC)c1OC. The minimum atomic E-state index is -0.611. The minimum absolute atomic E-state index is 0.247. The number of rotatable bonds is 7. The second kappa shape index (κ2) is 10.1. The molecule has 4 rings (SSSR count). The molecule has 1 atom stereocenters. The summed E-state index contributed by atoms with van der Waals surface area (Å²) in [6.45, 7) is 5.36. The topological polar surface area (TPSA) is 88.4 Å². The van der Waals surface area contributed by atoms with Gasteiger partial charge in [0.1, 0.15) is 6.04 Å². The van der Waals surface area contributed by atoms with Gasteiger partial charge in [-0.1, -0.05) is 17.4 Å². The smallest absolute Gasteiger partial charge is 0.338 e. The zero-order valence-corrected chi connectivity index (χ0v) is 21.9. The van der Waals surface area contributed by atoms with Crippen LogP contribution in [0, 0.1) is 0 Å². The highest BCUT2D eigenvalue weighted by atomic mass is 32.1. The second-order valence-electron chi connectivity index (χ2n) is 8.01. The Hall–Kier alpha value is -3.37. The largest absolute Gasteiger partial charge is 0.493 e. The Bertz CT molecular complexity index is 1440. The van der Waals surface area contributed by atoms with Gasteiger partial charge in [0.2, 0.25) is 5.75 Å². The van der Waals surface area contributed by atoms with Gasteiger partial charge in [-0.15, -0.1) is 11.3 Å². The number of allylic oxidation sites excluding steroid dienone is 1. The molecule has 2 aromatic heterocycles. The fourth-order valence-corrected chi connectivity index (χ4v) is 5.78. The van der Waals surface area contributed by atoms with Crippen LogP contribution < -0.4 is 29.1 Å². The molecule has 1 aromatic carbocycles. The first-order valence-electron chi connectivity index (χ1n) is 10.9. The van der Waals surface area contributed by atoms with Crippen LogP contribution in [-0.4, -0.2) is 38.0 Å². The number of fused-ring (bicyclic) bond motifs is 1.